The van der Waals surface area contributed by atoms with Crippen molar-refractivity contribution in [1.82, 2.24) is 5.32 Å². The number of hydrogen-bond acceptors (Lipinski definition) is 3. The Morgan fingerprint density at radius 2 is 2.14 bits per heavy atom. The van der Waals surface area contributed by atoms with Crippen molar-refractivity contribution in [1.29, 1.82) is 0 Å². The Bertz CT molecular complexity index is 195. The number of ether oxygens (including phenoxy) is 1. The predicted octanol–water partition coefficient (Wildman–Crippen LogP) is 1.99. The summed E-state index contributed by atoms with van der Waals surface area (Å²) in [6.45, 7) is 6.16. The molecule has 4 nitrogen and oxygen atoms in total. The minimum Gasteiger partial charge on any atom is -0.444 e. The second-order valence-corrected chi connectivity index (χ2v) is 4.01. The first-order valence-corrected chi connectivity index (χ1v) is 4.83. The van der Waals surface area contributed by atoms with Crippen molar-refractivity contribution in [2.75, 3.05) is 13.6 Å². The first kappa shape index (κ1) is 12.9. The monoisotopic (exact) mass is 200 g/mol. The third kappa shape index (κ3) is 9.03. The lowest BCUT2D eigenvalue weighted by Crippen LogP contribution is -2.33. The summed E-state index contributed by atoms with van der Waals surface area (Å²) in [5.74, 6) is 0. The molecule has 0 heterocycles. The molecule has 0 rings (SSSR count). The van der Waals surface area contributed by atoms with Gasteiger partial charge in [-0.15, -0.1) is 0 Å². The lowest BCUT2D eigenvalue weighted by molar-refractivity contribution is 0.0527. The maximum atomic E-state index is 11.1. The molecule has 0 aromatic carbocycles. The lowest BCUT2D eigenvalue weighted by Gasteiger charge is -2.19. The Morgan fingerprint density at radius 1 is 1.50 bits per heavy atom. The highest BCUT2D eigenvalue weighted by molar-refractivity contribution is 5.67. The molecule has 0 spiro atoms. The third-order valence-corrected chi connectivity index (χ3v) is 1.36. The van der Waals surface area contributed by atoms with Crippen molar-refractivity contribution in [3.8, 4) is 0 Å². The molecule has 82 valence electrons. The zero-order chi connectivity index (χ0) is 11.0. The van der Waals surface area contributed by atoms with Crippen LogP contribution in [0.15, 0.2) is 4.99 Å². The smallest absolute Gasteiger partial charge is 0.407 e. The van der Waals surface area contributed by atoms with Gasteiger partial charge < -0.3 is 15.0 Å². The van der Waals surface area contributed by atoms with Crippen molar-refractivity contribution in [3.63, 3.8) is 0 Å². The summed E-state index contributed by atoms with van der Waals surface area (Å²) < 4.78 is 5.06. The third-order valence-electron chi connectivity index (χ3n) is 1.36. The Kier molecular flexibility index (Phi) is 5.92. The molecule has 14 heavy (non-hydrogen) atoms. The van der Waals surface area contributed by atoms with Crippen LogP contribution in [-0.2, 0) is 4.74 Å². The van der Waals surface area contributed by atoms with E-state index in [0.29, 0.717) is 6.54 Å². The molecule has 4 heteroatoms. The summed E-state index contributed by atoms with van der Waals surface area (Å²) in [5, 5.41) is 2.68. The molecule has 0 aromatic heterocycles. The molecule has 0 bridgehead atoms. The van der Waals surface area contributed by atoms with Crippen LogP contribution in [0.2, 0.25) is 0 Å². The standard InChI is InChI=1S/C10H20N2O2/c1-10(2,3)14-9(13)12-8-6-5-7-11-4/h7H,5-6,8H2,1-4H3,(H,12,13). The van der Waals surface area contributed by atoms with E-state index in [0.717, 1.165) is 12.8 Å². The van der Waals surface area contributed by atoms with E-state index in [1.54, 1.807) is 7.05 Å². The van der Waals surface area contributed by atoms with Gasteiger partial charge in [-0.1, -0.05) is 0 Å². The van der Waals surface area contributed by atoms with Crippen LogP contribution in [-0.4, -0.2) is 31.5 Å². The molecular formula is C10H20N2O2. The fraction of sp³-hybridized carbons (Fsp3) is 0.800. The van der Waals surface area contributed by atoms with Crippen LogP contribution in [0.1, 0.15) is 33.6 Å². The van der Waals surface area contributed by atoms with Crippen LogP contribution in [0.25, 0.3) is 0 Å². The minimum absolute atomic E-state index is 0.356. The van der Waals surface area contributed by atoms with Gasteiger partial charge in [-0.3, -0.25) is 0 Å². The van der Waals surface area contributed by atoms with E-state index < -0.39 is 5.60 Å². The highest BCUT2D eigenvalue weighted by Gasteiger charge is 2.15. The SMILES string of the molecule is CN=CCCCNC(=O)OC(C)(C)C. The number of carbonyl (C=O) groups excluding carboxylic acids is 1. The molecule has 0 unspecified atom stereocenters. The van der Waals surface area contributed by atoms with Crippen molar-refractivity contribution in [2.45, 2.75) is 39.2 Å². The molecule has 0 aromatic rings. The second-order valence-electron chi connectivity index (χ2n) is 4.01. The van der Waals surface area contributed by atoms with E-state index >= 15 is 0 Å². The van der Waals surface area contributed by atoms with Gasteiger partial charge >= 0.3 is 6.09 Å². The molecule has 0 radical (unpaired) electrons. The van der Waals surface area contributed by atoms with Crippen LogP contribution in [0, 0.1) is 0 Å². The summed E-state index contributed by atoms with van der Waals surface area (Å²) in [5.41, 5.74) is -0.422. The molecular weight excluding hydrogens is 180 g/mol. The maximum Gasteiger partial charge on any atom is 0.407 e. The van der Waals surface area contributed by atoms with E-state index in [1.165, 1.54) is 0 Å². The Balaban J connectivity index is 3.45. The highest BCUT2D eigenvalue weighted by Crippen LogP contribution is 2.06. The number of hydrogen-bond donors (Lipinski definition) is 1. The first-order chi connectivity index (χ1) is 6.45. The van der Waals surface area contributed by atoms with Crippen molar-refractivity contribution >= 4 is 12.3 Å². The number of unbranched alkanes of at least 4 members (excludes halogenated alkanes) is 1. The van der Waals surface area contributed by atoms with Gasteiger partial charge in [-0.05, 0) is 39.8 Å². The van der Waals surface area contributed by atoms with Gasteiger partial charge in [-0.2, -0.15) is 0 Å². The highest BCUT2D eigenvalue weighted by atomic mass is 16.6. The predicted molar refractivity (Wildman–Crippen MR) is 57.9 cm³/mol. The summed E-state index contributed by atoms with van der Waals surface area (Å²) in [6.07, 6.45) is 3.24. The molecule has 0 fully saturated rings. The van der Waals surface area contributed by atoms with E-state index in [4.69, 9.17) is 4.74 Å². The van der Waals surface area contributed by atoms with Gasteiger partial charge in [0.15, 0.2) is 0 Å². The molecule has 0 aliphatic rings. The number of amides is 1. The zero-order valence-corrected chi connectivity index (χ0v) is 9.46. The Labute approximate surface area is 85.7 Å². The molecule has 1 amide bonds. The van der Waals surface area contributed by atoms with Crippen LogP contribution < -0.4 is 5.32 Å². The van der Waals surface area contributed by atoms with Gasteiger partial charge in [0.25, 0.3) is 0 Å². The second kappa shape index (κ2) is 6.40. The van der Waals surface area contributed by atoms with Crippen LogP contribution in [0.3, 0.4) is 0 Å². The number of nitrogens with zero attached hydrogens (tertiary/aromatic N) is 1. The van der Waals surface area contributed by atoms with E-state index in [-0.39, 0.29) is 6.09 Å². The summed E-state index contributed by atoms with van der Waals surface area (Å²) in [6, 6.07) is 0. The average molecular weight is 200 g/mol. The molecule has 0 aliphatic heterocycles. The minimum atomic E-state index is -0.422. The lowest BCUT2D eigenvalue weighted by atomic mass is 10.2. The summed E-state index contributed by atoms with van der Waals surface area (Å²) in [7, 11) is 1.74. The van der Waals surface area contributed by atoms with Gasteiger partial charge in [0, 0.05) is 13.6 Å². The van der Waals surface area contributed by atoms with E-state index in [9.17, 15) is 4.79 Å². The number of nitrogens with one attached hydrogen (secondary N) is 1. The molecule has 0 saturated carbocycles. The average Bonchev–Trinajstić information content (AvgIpc) is 2.00. The molecule has 0 atom stereocenters. The molecule has 0 saturated heterocycles. The van der Waals surface area contributed by atoms with Gasteiger partial charge in [0.2, 0.25) is 0 Å². The largest absolute Gasteiger partial charge is 0.444 e. The van der Waals surface area contributed by atoms with Crippen LogP contribution >= 0.6 is 0 Å². The first-order valence-electron chi connectivity index (χ1n) is 4.83. The Morgan fingerprint density at radius 3 is 2.64 bits per heavy atom. The number of alkyl carbamates (subject to hydrolysis) is 1. The number of rotatable bonds is 4. The molecule has 1 N–H and O–H groups in total. The van der Waals surface area contributed by atoms with E-state index in [2.05, 4.69) is 10.3 Å². The number of aliphatic imine (C=N–C) groups is 1. The zero-order valence-electron chi connectivity index (χ0n) is 9.46. The van der Waals surface area contributed by atoms with Gasteiger partial charge in [-0.25, -0.2) is 4.79 Å². The fourth-order valence-corrected chi connectivity index (χ4v) is 0.827. The maximum absolute atomic E-state index is 11.1. The van der Waals surface area contributed by atoms with Crippen molar-refractivity contribution < 1.29 is 9.53 Å². The van der Waals surface area contributed by atoms with Gasteiger partial charge in [0.1, 0.15) is 5.60 Å². The topological polar surface area (TPSA) is 50.7 Å². The van der Waals surface area contributed by atoms with Crippen LogP contribution in [0.5, 0.6) is 0 Å². The van der Waals surface area contributed by atoms with Crippen molar-refractivity contribution in [3.05, 3.63) is 0 Å². The fourth-order valence-electron chi connectivity index (χ4n) is 0.827. The Hall–Kier alpha value is -1.06. The van der Waals surface area contributed by atoms with Crippen molar-refractivity contribution in [2.24, 2.45) is 4.99 Å². The van der Waals surface area contributed by atoms with Crippen LogP contribution in [0.4, 0.5) is 4.79 Å². The van der Waals surface area contributed by atoms with Gasteiger partial charge in [0.05, 0.1) is 0 Å². The quantitative estimate of drug-likeness (QED) is 0.557. The summed E-state index contributed by atoms with van der Waals surface area (Å²) in [4.78, 5) is 15.0. The number of carbonyl (C=O) groups is 1. The normalized spacial score (nSPS) is 11.7. The summed E-state index contributed by atoms with van der Waals surface area (Å²) >= 11 is 0. The molecule has 0 aliphatic carbocycles. The van der Waals surface area contributed by atoms with E-state index in [1.807, 2.05) is 27.0 Å².